The smallest absolute Gasteiger partial charge is 0.182 e. The molecule has 0 bridgehead atoms. The molecule has 0 atom stereocenters. The van der Waals surface area contributed by atoms with Crippen LogP contribution in [0.4, 0.5) is 5.13 Å². The molecule has 0 radical (unpaired) electrons. The minimum Gasteiger partial charge on any atom is -0.362 e. The van der Waals surface area contributed by atoms with Gasteiger partial charge in [0.25, 0.3) is 0 Å². The Labute approximate surface area is 96.5 Å². The van der Waals surface area contributed by atoms with E-state index in [9.17, 15) is 0 Å². The lowest BCUT2D eigenvalue weighted by atomic mass is 10.2. The monoisotopic (exact) mass is 227 g/mol. The second kappa shape index (κ2) is 6.80. The number of nitrogens with zero attached hydrogens (tertiary/aromatic N) is 2. The molecule has 0 unspecified atom stereocenters. The van der Waals surface area contributed by atoms with Crippen molar-refractivity contribution in [2.75, 3.05) is 25.5 Å². The maximum Gasteiger partial charge on any atom is 0.182 e. The first-order valence-corrected chi connectivity index (χ1v) is 6.41. The highest BCUT2D eigenvalue weighted by atomic mass is 32.1. The second-order valence-electron chi connectivity index (χ2n) is 4.05. The van der Waals surface area contributed by atoms with E-state index in [1.807, 2.05) is 11.6 Å². The van der Waals surface area contributed by atoms with Gasteiger partial charge in [0.15, 0.2) is 5.13 Å². The van der Waals surface area contributed by atoms with E-state index in [-0.39, 0.29) is 0 Å². The Morgan fingerprint density at radius 1 is 1.47 bits per heavy atom. The van der Waals surface area contributed by atoms with Crippen LogP contribution >= 0.6 is 11.3 Å². The third-order valence-electron chi connectivity index (χ3n) is 2.53. The van der Waals surface area contributed by atoms with Crippen molar-refractivity contribution < 1.29 is 0 Å². The predicted molar refractivity (Wildman–Crippen MR) is 67.6 cm³/mol. The van der Waals surface area contributed by atoms with Crippen LogP contribution in [0.2, 0.25) is 0 Å². The third-order valence-corrected chi connectivity index (χ3v) is 3.26. The van der Waals surface area contributed by atoms with Gasteiger partial charge in [-0.05, 0) is 40.3 Å². The van der Waals surface area contributed by atoms with E-state index in [1.165, 1.54) is 19.4 Å². The quantitative estimate of drug-likeness (QED) is 0.726. The first-order chi connectivity index (χ1) is 7.20. The summed E-state index contributed by atoms with van der Waals surface area (Å²) in [6.07, 6.45) is 4.28. The molecule has 0 aliphatic carbocycles. The summed E-state index contributed by atoms with van der Waals surface area (Å²) in [5.74, 6) is 0. The van der Waals surface area contributed by atoms with Gasteiger partial charge < -0.3 is 10.2 Å². The van der Waals surface area contributed by atoms with E-state index in [2.05, 4.69) is 36.1 Å². The van der Waals surface area contributed by atoms with Crippen LogP contribution in [0.3, 0.4) is 0 Å². The molecule has 0 aliphatic rings. The first-order valence-electron chi connectivity index (χ1n) is 5.53. The van der Waals surface area contributed by atoms with Gasteiger partial charge in [-0.25, -0.2) is 4.98 Å². The van der Waals surface area contributed by atoms with E-state index in [4.69, 9.17) is 0 Å². The number of thiazole rings is 1. The molecule has 0 aliphatic heterocycles. The number of aromatic nitrogens is 1. The van der Waals surface area contributed by atoms with Gasteiger partial charge in [0.05, 0.1) is 0 Å². The topological polar surface area (TPSA) is 28.2 Å². The maximum atomic E-state index is 4.17. The van der Waals surface area contributed by atoms with Gasteiger partial charge in [0, 0.05) is 24.2 Å². The summed E-state index contributed by atoms with van der Waals surface area (Å²) in [7, 11) is 2.18. The lowest BCUT2D eigenvalue weighted by Gasteiger charge is -2.20. The summed E-state index contributed by atoms with van der Waals surface area (Å²) in [4.78, 5) is 6.55. The van der Waals surface area contributed by atoms with E-state index >= 15 is 0 Å². The number of hydrogen-bond acceptors (Lipinski definition) is 4. The van der Waals surface area contributed by atoms with Gasteiger partial charge in [-0.2, -0.15) is 0 Å². The van der Waals surface area contributed by atoms with Crippen LogP contribution in [0.1, 0.15) is 26.7 Å². The Bertz CT molecular complexity index is 246. The molecular formula is C11H21N3S. The Balaban J connectivity index is 1.98. The summed E-state index contributed by atoms with van der Waals surface area (Å²) >= 11 is 1.66. The van der Waals surface area contributed by atoms with E-state index < -0.39 is 0 Å². The van der Waals surface area contributed by atoms with Crippen LogP contribution in [0.15, 0.2) is 11.6 Å². The molecule has 0 spiro atoms. The molecular weight excluding hydrogens is 206 g/mol. The first kappa shape index (κ1) is 12.5. The number of hydrogen-bond donors (Lipinski definition) is 1. The lowest BCUT2D eigenvalue weighted by molar-refractivity contribution is 0.269. The number of unbranched alkanes of at least 4 members (excludes halogenated alkanes) is 1. The summed E-state index contributed by atoms with van der Waals surface area (Å²) in [5, 5.41) is 6.35. The van der Waals surface area contributed by atoms with Crippen LogP contribution in [0, 0.1) is 0 Å². The number of rotatable bonds is 7. The minimum absolute atomic E-state index is 0.650. The molecule has 0 amide bonds. The standard InChI is InChI=1S/C11H21N3S/c1-10(2)14(3)8-5-4-6-12-11-13-7-9-15-11/h7,9-10H,4-6,8H2,1-3H3,(H,12,13). The van der Waals surface area contributed by atoms with Gasteiger partial charge in [-0.1, -0.05) is 0 Å². The molecule has 0 saturated carbocycles. The fourth-order valence-corrected chi connectivity index (χ4v) is 1.81. The van der Waals surface area contributed by atoms with Crippen molar-refractivity contribution in [2.24, 2.45) is 0 Å². The average Bonchev–Trinajstić information content (AvgIpc) is 2.69. The van der Waals surface area contributed by atoms with Crippen molar-refractivity contribution in [3.8, 4) is 0 Å². The fourth-order valence-electron chi connectivity index (χ4n) is 1.25. The highest BCUT2D eigenvalue weighted by molar-refractivity contribution is 7.13. The van der Waals surface area contributed by atoms with Gasteiger partial charge in [-0.15, -0.1) is 11.3 Å². The van der Waals surface area contributed by atoms with Gasteiger partial charge in [0.1, 0.15) is 0 Å². The molecule has 0 aromatic carbocycles. The van der Waals surface area contributed by atoms with Crippen molar-refractivity contribution in [3.63, 3.8) is 0 Å². The van der Waals surface area contributed by atoms with E-state index in [1.54, 1.807) is 11.3 Å². The zero-order valence-electron chi connectivity index (χ0n) is 9.86. The van der Waals surface area contributed by atoms with Gasteiger partial charge in [0.2, 0.25) is 0 Å². The summed E-state index contributed by atoms with van der Waals surface area (Å²) in [6.45, 7) is 6.66. The molecule has 0 fully saturated rings. The van der Waals surface area contributed by atoms with Gasteiger partial charge in [-0.3, -0.25) is 0 Å². The molecule has 1 rings (SSSR count). The molecule has 0 saturated heterocycles. The third kappa shape index (κ3) is 5.14. The Hall–Kier alpha value is -0.610. The van der Waals surface area contributed by atoms with Crippen LogP contribution in [0.25, 0.3) is 0 Å². The molecule has 4 heteroatoms. The average molecular weight is 227 g/mol. The predicted octanol–water partition coefficient (Wildman–Crippen LogP) is 2.68. The zero-order chi connectivity index (χ0) is 11.1. The summed E-state index contributed by atoms with van der Waals surface area (Å²) in [5.41, 5.74) is 0. The van der Waals surface area contributed by atoms with Crippen LogP contribution < -0.4 is 5.32 Å². The second-order valence-corrected chi connectivity index (χ2v) is 4.94. The Morgan fingerprint density at radius 3 is 2.87 bits per heavy atom. The number of anilines is 1. The van der Waals surface area contributed by atoms with Crippen molar-refractivity contribution in [3.05, 3.63) is 11.6 Å². The van der Waals surface area contributed by atoms with Crippen LogP contribution in [-0.4, -0.2) is 36.1 Å². The van der Waals surface area contributed by atoms with Crippen molar-refractivity contribution in [1.82, 2.24) is 9.88 Å². The maximum absolute atomic E-state index is 4.17. The largest absolute Gasteiger partial charge is 0.362 e. The molecule has 1 aromatic heterocycles. The van der Waals surface area contributed by atoms with Crippen LogP contribution in [0.5, 0.6) is 0 Å². The van der Waals surface area contributed by atoms with E-state index in [0.717, 1.165) is 11.7 Å². The summed E-state index contributed by atoms with van der Waals surface area (Å²) < 4.78 is 0. The van der Waals surface area contributed by atoms with Crippen LogP contribution in [-0.2, 0) is 0 Å². The molecule has 1 aromatic rings. The van der Waals surface area contributed by atoms with Crippen molar-refractivity contribution >= 4 is 16.5 Å². The normalized spacial score (nSPS) is 11.3. The van der Waals surface area contributed by atoms with Crippen molar-refractivity contribution in [2.45, 2.75) is 32.7 Å². The molecule has 86 valence electrons. The molecule has 15 heavy (non-hydrogen) atoms. The summed E-state index contributed by atoms with van der Waals surface area (Å²) in [6, 6.07) is 0.650. The molecule has 3 nitrogen and oxygen atoms in total. The minimum atomic E-state index is 0.650. The SMILES string of the molecule is CC(C)N(C)CCCCNc1nccs1. The molecule has 1 N–H and O–H groups in total. The molecule has 1 heterocycles. The Morgan fingerprint density at radius 2 is 2.27 bits per heavy atom. The Kier molecular flexibility index (Phi) is 5.65. The fraction of sp³-hybridized carbons (Fsp3) is 0.727. The van der Waals surface area contributed by atoms with E-state index in [0.29, 0.717) is 6.04 Å². The number of nitrogens with one attached hydrogen (secondary N) is 1. The highest BCUT2D eigenvalue weighted by Gasteiger charge is 2.01. The van der Waals surface area contributed by atoms with Gasteiger partial charge >= 0.3 is 0 Å². The highest BCUT2D eigenvalue weighted by Crippen LogP contribution is 2.10. The zero-order valence-corrected chi connectivity index (χ0v) is 10.7. The lowest BCUT2D eigenvalue weighted by Crippen LogP contribution is -2.27. The van der Waals surface area contributed by atoms with Crippen molar-refractivity contribution in [1.29, 1.82) is 0 Å².